The van der Waals surface area contributed by atoms with Crippen molar-refractivity contribution in [1.29, 1.82) is 0 Å². The van der Waals surface area contributed by atoms with Crippen LogP contribution in [0.3, 0.4) is 0 Å². The van der Waals surface area contributed by atoms with Crippen LogP contribution in [0.25, 0.3) is 0 Å². The summed E-state index contributed by atoms with van der Waals surface area (Å²) in [5.41, 5.74) is 1.68. The molecular weight excluding hydrogens is 384 g/mol. The molecule has 29 heavy (non-hydrogen) atoms. The molecule has 0 spiro atoms. The van der Waals surface area contributed by atoms with E-state index in [0.29, 0.717) is 31.9 Å². The van der Waals surface area contributed by atoms with Gasteiger partial charge in [0, 0.05) is 37.8 Å². The van der Waals surface area contributed by atoms with E-state index in [1.54, 1.807) is 24.0 Å². The third-order valence-electron chi connectivity index (χ3n) is 5.87. The smallest absolute Gasteiger partial charge is 0.368 e. The molecule has 7 heteroatoms. The molecule has 0 bridgehead atoms. The Morgan fingerprint density at radius 2 is 1.66 bits per heavy atom. The molecule has 2 aromatic rings. The molecule has 2 aliphatic rings. The van der Waals surface area contributed by atoms with Gasteiger partial charge in [0.25, 0.3) is 0 Å². The average Bonchev–Trinajstić information content (AvgIpc) is 3.48. The maximum Gasteiger partial charge on any atom is 0.416 e. The van der Waals surface area contributed by atoms with Gasteiger partial charge in [-0.2, -0.15) is 13.2 Å². The standard InChI is InChI=1S/C22H22F4N2O/c1-14-2-5-16(22(24,25)26)12-20(14)27-8-10-28(11-9-27)21(29)19-13-18(19)15-3-6-17(23)7-4-15/h2-7,12,18-19H,8-11,13H2,1H3/t18-,19?/m0/s1. The first-order valence-electron chi connectivity index (χ1n) is 9.71. The van der Waals surface area contributed by atoms with Crippen LogP contribution in [-0.4, -0.2) is 37.0 Å². The van der Waals surface area contributed by atoms with Crippen LogP contribution < -0.4 is 4.90 Å². The summed E-state index contributed by atoms with van der Waals surface area (Å²) < 4.78 is 52.2. The Kier molecular flexibility index (Phi) is 5.00. The van der Waals surface area contributed by atoms with Crippen molar-refractivity contribution < 1.29 is 22.4 Å². The molecule has 154 valence electrons. The number of carbonyl (C=O) groups excluding carboxylic acids is 1. The second kappa shape index (κ2) is 7.35. The normalized spacial score (nSPS) is 22.0. The zero-order valence-corrected chi connectivity index (χ0v) is 16.0. The van der Waals surface area contributed by atoms with Gasteiger partial charge in [-0.3, -0.25) is 4.79 Å². The number of rotatable bonds is 3. The van der Waals surface area contributed by atoms with Crippen LogP contribution in [0.15, 0.2) is 42.5 Å². The molecule has 1 saturated heterocycles. The number of nitrogens with zero attached hydrogens (tertiary/aromatic N) is 2. The van der Waals surface area contributed by atoms with Crippen molar-refractivity contribution in [2.75, 3.05) is 31.1 Å². The molecule has 3 nitrogen and oxygen atoms in total. The Labute approximate surface area is 166 Å². The lowest BCUT2D eigenvalue weighted by atomic mass is 10.1. The lowest BCUT2D eigenvalue weighted by Gasteiger charge is -2.37. The molecule has 1 unspecified atom stereocenters. The first kappa shape index (κ1) is 19.7. The largest absolute Gasteiger partial charge is 0.416 e. The fourth-order valence-electron chi connectivity index (χ4n) is 4.07. The van der Waals surface area contributed by atoms with E-state index >= 15 is 0 Å². The summed E-state index contributed by atoms with van der Waals surface area (Å²) in [6.45, 7) is 3.77. The quantitative estimate of drug-likeness (QED) is 0.696. The topological polar surface area (TPSA) is 23.6 Å². The summed E-state index contributed by atoms with van der Waals surface area (Å²) in [6.07, 6.45) is -3.61. The first-order valence-corrected chi connectivity index (χ1v) is 9.71. The summed E-state index contributed by atoms with van der Waals surface area (Å²) in [5.74, 6) is -0.160. The summed E-state index contributed by atoms with van der Waals surface area (Å²) in [5, 5.41) is 0. The highest BCUT2D eigenvalue weighted by Crippen LogP contribution is 2.48. The van der Waals surface area contributed by atoms with Gasteiger partial charge < -0.3 is 9.80 Å². The maximum absolute atomic E-state index is 13.1. The van der Waals surface area contributed by atoms with E-state index < -0.39 is 11.7 Å². The van der Waals surface area contributed by atoms with Crippen LogP contribution >= 0.6 is 0 Å². The van der Waals surface area contributed by atoms with Gasteiger partial charge in [-0.05, 0) is 54.7 Å². The van der Waals surface area contributed by atoms with Crippen LogP contribution in [0, 0.1) is 18.7 Å². The lowest BCUT2D eigenvalue weighted by molar-refractivity contribution is -0.137. The minimum Gasteiger partial charge on any atom is -0.368 e. The van der Waals surface area contributed by atoms with Crippen molar-refractivity contribution in [3.63, 3.8) is 0 Å². The SMILES string of the molecule is Cc1ccc(C(F)(F)F)cc1N1CCN(C(=O)C2C[C@H]2c2ccc(F)cc2)CC1. The molecule has 2 atom stereocenters. The van der Waals surface area contributed by atoms with Gasteiger partial charge in [-0.15, -0.1) is 0 Å². The maximum atomic E-state index is 13.1. The average molecular weight is 406 g/mol. The van der Waals surface area contributed by atoms with Gasteiger partial charge in [0.05, 0.1) is 5.56 Å². The summed E-state index contributed by atoms with van der Waals surface area (Å²) >= 11 is 0. The second-order valence-electron chi connectivity index (χ2n) is 7.81. The fraction of sp³-hybridized carbons (Fsp3) is 0.409. The van der Waals surface area contributed by atoms with Gasteiger partial charge in [-0.1, -0.05) is 18.2 Å². The molecule has 0 N–H and O–H groups in total. The zero-order chi connectivity index (χ0) is 20.8. The minimum absolute atomic E-state index is 0.0812. The highest BCUT2D eigenvalue weighted by Gasteiger charge is 2.46. The molecule has 1 aliphatic heterocycles. The molecule has 1 heterocycles. The molecule has 1 saturated carbocycles. The van der Waals surface area contributed by atoms with Crippen molar-refractivity contribution in [1.82, 2.24) is 4.90 Å². The number of alkyl halides is 3. The highest BCUT2D eigenvalue weighted by atomic mass is 19.4. The van der Waals surface area contributed by atoms with Gasteiger partial charge in [-0.25, -0.2) is 4.39 Å². The molecule has 1 amide bonds. The number of aryl methyl sites for hydroxylation is 1. The number of hydrogen-bond acceptors (Lipinski definition) is 2. The van der Waals surface area contributed by atoms with E-state index in [-0.39, 0.29) is 23.6 Å². The molecule has 0 radical (unpaired) electrons. The van der Waals surface area contributed by atoms with Gasteiger partial charge in [0.2, 0.25) is 5.91 Å². The van der Waals surface area contributed by atoms with Gasteiger partial charge in [0.1, 0.15) is 5.82 Å². The van der Waals surface area contributed by atoms with E-state index in [2.05, 4.69) is 0 Å². The summed E-state index contributed by atoms with van der Waals surface area (Å²) in [6, 6.07) is 10.0. The predicted octanol–water partition coefficient (Wildman–Crippen LogP) is 4.61. The Morgan fingerprint density at radius 3 is 2.28 bits per heavy atom. The minimum atomic E-state index is -4.37. The third kappa shape index (κ3) is 4.09. The number of piperazine rings is 1. The van der Waals surface area contributed by atoms with Gasteiger partial charge in [0.15, 0.2) is 0 Å². The molecular formula is C22H22F4N2O. The van der Waals surface area contributed by atoms with E-state index in [1.807, 2.05) is 4.90 Å². The Balaban J connectivity index is 1.38. The Morgan fingerprint density at radius 1 is 1.00 bits per heavy atom. The highest BCUT2D eigenvalue weighted by molar-refractivity contribution is 5.83. The summed E-state index contributed by atoms with van der Waals surface area (Å²) in [4.78, 5) is 16.5. The van der Waals surface area contributed by atoms with Crippen LogP contribution in [0.4, 0.5) is 23.2 Å². The molecule has 2 fully saturated rings. The van der Waals surface area contributed by atoms with E-state index in [4.69, 9.17) is 0 Å². The number of benzene rings is 2. The van der Waals surface area contributed by atoms with Crippen molar-refractivity contribution in [2.45, 2.75) is 25.4 Å². The number of carbonyl (C=O) groups is 1. The van der Waals surface area contributed by atoms with Crippen LogP contribution in [0.2, 0.25) is 0 Å². The number of amides is 1. The van der Waals surface area contributed by atoms with Crippen LogP contribution in [0.1, 0.15) is 29.0 Å². The van der Waals surface area contributed by atoms with E-state index in [0.717, 1.165) is 23.6 Å². The molecule has 1 aliphatic carbocycles. The number of anilines is 1. The van der Waals surface area contributed by atoms with E-state index in [1.165, 1.54) is 24.3 Å². The zero-order valence-electron chi connectivity index (χ0n) is 16.0. The van der Waals surface area contributed by atoms with Crippen LogP contribution in [-0.2, 0) is 11.0 Å². The van der Waals surface area contributed by atoms with E-state index in [9.17, 15) is 22.4 Å². The molecule has 2 aromatic carbocycles. The van der Waals surface area contributed by atoms with Crippen molar-refractivity contribution >= 4 is 11.6 Å². The second-order valence-corrected chi connectivity index (χ2v) is 7.81. The fourth-order valence-corrected chi connectivity index (χ4v) is 4.07. The molecule has 4 rings (SSSR count). The van der Waals surface area contributed by atoms with Crippen LogP contribution in [0.5, 0.6) is 0 Å². The Bertz CT molecular complexity index is 902. The summed E-state index contributed by atoms with van der Waals surface area (Å²) in [7, 11) is 0. The van der Waals surface area contributed by atoms with Crippen molar-refractivity contribution in [3.05, 3.63) is 65.0 Å². The predicted molar refractivity (Wildman–Crippen MR) is 102 cm³/mol. The van der Waals surface area contributed by atoms with Gasteiger partial charge >= 0.3 is 6.18 Å². The lowest BCUT2D eigenvalue weighted by Crippen LogP contribution is -2.49. The van der Waals surface area contributed by atoms with Crippen molar-refractivity contribution in [2.24, 2.45) is 5.92 Å². The monoisotopic (exact) mass is 406 g/mol. The third-order valence-corrected chi connectivity index (χ3v) is 5.87. The number of halogens is 4. The first-order chi connectivity index (χ1) is 13.7. The number of hydrogen-bond donors (Lipinski definition) is 0. The van der Waals surface area contributed by atoms with Crippen molar-refractivity contribution in [3.8, 4) is 0 Å². The molecule has 0 aromatic heterocycles. The Hall–Kier alpha value is -2.57.